The minimum Gasteiger partial charge on any atom is -0.356 e. The quantitative estimate of drug-likeness (QED) is 0.596. The van der Waals surface area contributed by atoms with Crippen molar-refractivity contribution in [3.8, 4) is 0 Å². The van der Waals surface area contributed by atoms with Gasteiger partial charge in [0.05, 0.1) is 0 Å². The van der Waals surface area contributed by atoms with Gasteiger partial charge in [0.2, 0.25) is 5.91 Å². The second kappa shape index (κ2) is 10.2. The second-order valence-electron chi connectivity index (χ2n) is 7.04. The lowest BCUT2D eigenvalue weighted by molar-refractivity contribution is -0.130. The zero-order valence-corrected chi connectivity index (χ0v) is 16.6. The predicted molar refractivity (Wildman–Crippen MR) is 108 cm³/mol. The van der Waals surface area contributed by atoms with E-state index in [1.807, 2.05) is 4.90 Å². The van der Waals surface area contributed by atoms with Crippen molar-refractivity contribution in [1.82, 2.24) is 20.4 Å². The molecular formula is C20H33N5O. The largest absolute Gasteiger partial charge is 0.356 e. The van der Waals surface area contributed by atoms with Crippen molar-refractivity contribution >= 4 is 11.9 Å². The maximum absolute atomic E-state index is 11.4. The van der Waals surface area contributed by atoms with Gasteiger partial charge in [-0.1, -0.05) is 36.8 Å². The number of amides is 1. The molecule has 1 saturated heterocycles. The van der Waals surface area contributed by atoms with Gasteiger partial charge in [0.1, 0.15) is 0 Å². The van der Waals surface area contributed by atoms with E-state index in [-0.39, 0.29) is 5.91 Å². The van der Waals surface area contributed by atoms with Crippen molar-refractivity contribution in [2.75, 3.05) is 52.9 Å². The van der Waals surface area contributed by atoms with Crippen molar-refractivity contribution in [3.05, 3.63) is 35.4 Å². The molecule has 0 aliphatic carbocycles. The van der Waals surface area contributed by atoms with Crippen LogP contribution in [0.3, 0.4) is 0 Å². The van der Waals surface area contributed by atoms with Gasteiger partial charge in [-0.15, -0.1) is 0 Å². The molecule has 26 heavy (non-hydrogen) atoms. The monoisotopic (exact) mass is 359 g/mol. The molecule has 0 spiro atoms. The highest BCUT2D eigenvalue weighted by molar-refractivity contribution is 5.79. The summed E-state index contributed by atoms with van der Waals surface area (Å²) in [5.74, 6) is 1.44. The average Bonchev–Trinajstić information content (AvgIpc) is 2.65. The molecule has 144 valence electrons. The molecule has 1 aromatic carbocycles. The number of aryl methyl sites for hydroxylation is 1. The maximum atomic E-state index is 11.4. The van der Waals surface area contributed by atoms with Crippen LogP contribution in [0.2, 0.25) is 0 Å². The lowest BCUT2D eigenvalue weighted by atomic mass is 10.0. The summed E-state index contributed by atoms with van der Waals surface area (Å²) in [6.07, 6.45) is 0. The molecule has 0 aromatic heterocycles. The topological polar surface area (TPSA) is 60.0 Å². The number of hydrogen-bond acceptors (Lipinski definition) is 3. The zero-order valence-electron chi connectivity index (χ0n) is 16.6. The SMILES string of the molecule is CN=C(NCCN1CCN(C(C)=O)CC1)NCC(C)c1ccc(C)cc1. The summed E-state index contributed by atoms with van der Waals surface area (Å²) < 4.78 is 0. The number of hydrogen-bond donors (Lipinski definition) is 2. The van der Waals surface area contributed by atoms with Gasteiger partial charge in [-0.2, -0.15) is 0 Å². The fourth-order valence-electron chi connectivity index (χ4n) is 3.10. The Morgan fingerprint density at radius 3 is 2.38 bits per heavy atom. The fraction of sp³-hybridized carbons (Fsp3) is 0.600. The molecule has 2 rings (SSSR count). The predicted octanol–water partition coefficient (Wildman–Crippen LogP) is 1.43. The third kappa shape index (κ3) is 6.33. The molecule has 0 bridgehead atoms. The zero-order chi connectivity index (χ0) is 18.9. The molecule has 6 nitrogen and oxygen atoms in total. The first-order chi connectivity index (χ1) is 12.5. The Morgan fingerprint density at radius 2 is 1.81 bits per heavy atom. The van der Waals surface area contributed by atoms with Crippen molar-refractivity contribution in [1.29, 1.82) is 0 Å². The van der Waals surface area contributed by atoms with E-state index in [1.54, 1.807) is 14.0 Å². The number of guanidine groups is 1. The molecular weight excluding hydrogens is 326 g/mol. The summed E-state index contributed by atoms with van der Waals surface area (Å²) >= 11 is 0. The Labute approximate surface area is 157 Å². The molecule has 1 atom stereocenters. The van der Waals surface area contributed by atoms with Gasteiger partial charge >= 0.3 is 0 Å². The second-order valence-corrected chi connectivity index (χ2v) is 7.04. The molecule has 0 radical (unpaired) electrons. The number of nitrogens with one attached hydrogen (secondary N) is 2. The van der Waals surface area contributed by atoms with E-state index in [1.165, 1.54) is 11.1 Å². The van der Waals surface area contributed by atoms with Crippen LogP contribution in [0.4, 0.5) is 0 Å². The molecule has 1 aliphatic rings. The Kier molecular flexibility index (Phi) is 7.91. The molecule has 1 heterocycles. The molecule has 1 amide bonds. The van der Waals surface area contributed by atoms with Crippen LogP contribution in [0.25, 0.3) is 0 Å². The average molecular weight is 360 g/mol. The van der Waals surface area contributed by atoms with E-state index in [0.29, 0.717) is 5.92 Å². The van der Waals surface area contributed by atoms with Crippen molar-refractivity contribution in [2.24, 2.45) is 4.99 Å². The highest BCUT2D eigenvalue weighted by Crippen LogP contribution is 2.14. The summed E-state index contributed by atoms with van der Waals surface area (Å²) in [5.41, 5.74) is 2.62. The number of carbonyl (C=O) groups excluding carboxylic acids is 1. The smallest absolute Gasteiger partial charge is 0.219 e. The van der Waals surface area contributed by atoms with Gasteiger partial charge in [-0.3, -0.25) is 14.7 Å². The summed E-state index contributed by atoms with van der Waals surface area (Å²) in [6, 6.07) is 8.70. The highest BCUT2D eigenvalue weighted by atomic mass is 16.2. The van der Waals surface area contributed by atoms with Crippen LogP contribution in [0, 0.1) is 6.92 Å². The van der Waals surface area contributed by atoms with Gasteiger partial charge < -0.3 is 15.5 Å². The first-order valence-corrected chi connectivity index (χ1v) is 9.48. The van der Waals surface area contributed by atoms with E-state index < -0.39 is 0 Å². The fourth-order valence-corrected chi connectivity index (χ4v) is 3.10. The molecule has 1 unspecified atom stereocenters. The van der Waals surface area contributed by atoms with E-state index in [2.05, 4.69) is 58.6 Å². The van der Waals surface area contributed by atoms with E-state index in [0.717, 1.165) is 51.8 Å². The van der Waals surface area contributed by atoms with Crippen LogP contribution in [0.1, 0.15) is 30.9 Å². The first kappa shape index (κ1) is 20.2. The van der Waals surface area contributed by atoms with Gasteiger partial charge in [-0.05, 0) is 18.4 Å². The van der Waals surface area contributed by atoms with Gasteiger partial charge in [0.25, 0.3) is 0 Å². The van der Waals surface area contributed by atoms with E-state index >= 15 is 0 Å². The lowest BCUT2D eigenvalue weighted by Gasteiger charge is -2.34. The number of nitrogens with zero attached hydrogens (tertiary/aromatic N) is 3. The number of aliphatic imine (C=N–C) groups is 1. The number of piperazine rings is 1. The maximum Gasteiger partial charge on any atom is 0.219 e. The van der Waals surface area contributed by atoms with Crippen molar-refractivity contribution in [3.63, 3.8) is 0 Å². The first-order valence-electron chi connectivity index (χ1n) is 9.48. The Balaban J connectivity index is 1.66. The van der Waals surface area contributed by atoms with Crippen LogP contribution in [0.15, 0.2) is 29.3 Å². The number of rotatable bonds is 6. The molecule has 1 fully saturated rings. The number of benzene rings is 1. The van der Waals surface area contributed by atoms with Crippen LogP contribution in [0.5, 0.6) is 0 Å². The molecule has 1 aromatic rings. The van der Waals surface area contributed by atoms with Crippen LogP contribution in [-0.4, -0.2) is 74.5 Å². The standard InChI is InChI=1S/C20H33N5O/c1-16-5-7-19(8-6-16)17(2)15-23-20(21-4)22-9-10-24-11-13-25(14-12-24)18(3)26/h5-8,17H,9-15H2,1-4H3,(H2,21,22,23). The van der Waals surface area contributed by atoms with Crippen LogP contribution >= 0.6 is 0 Å². The van der Waals surface area contributed by atoms with E-state index in [9.17, 15) is 4.79 Å². The van der Waals surface area contributed by atoms with Crippen molar-refractivity contribution < 1.29 is 4.79 Å². The lowest BCUT2D eigenvalue weighted by Crippen LogP contribution is -2.50. The van der Waals surface area contributed by atoms with Gasteiger partial charge in [0, 0.05) is 59.8 Å². The summed E-state index contributed by atoms with van der Waals surface area (Å²) in [7, 11) is 1.80. The van der Waals surface area contributed by atoms with Gasteiger partial charge in [-0.25, -0.2) is 0 Å². The minimum absolute atomic E-state index is 0.176. The summed E-state index contributed by atoms with van der Waals surface area (Å²) in [5, 5.41) is 6.79. The summed E-state index contributed by atoms with van der Waals surface area (Å²) in [4.78, 5) is 20.0. The third-order valence-electron chi connectivity index (χ3n) is 4.98. The van der Waals surface area contributed by atoms with E-state index in [4.69, 9.17) is 0 Å². The molecule has 1 aliphatic heterocycles. The van der Waals surface area contributed by atoms with Crippen LogP contribution < -0.4 is 10.6 Å². The van der Waals surface area contributed by atoms with Crippen molar-refractivity contribution in [2.45, 2.75) is 26.7 Å². The molecule has 6 heteroatoms. The molecule has 2 N–H and O–H groups in total. The normalized spacial score (nSPS) is 17.1. The Bertz CT molecular complexity index is 591. The van der Waals surface area contributed by atoms with Gasteiger partial charge in [0.15, 0.2) is 5.96 Å². The highest BCUT2D eigenvalue weighted by Gasteiger charge is 2.17. The van der Waals surface area contributed by atoms with Crippen LogP contribution in [-0.2, 0) is 4.79 Å². The Morgan fingerprint density at radius 1 is 1.15 bits per heavy atom. The third-order valence-corrected chi connectivity index (χ3v) is 4.98. The summed E-state index contributed by atoms with van der Waals surface area (Å²) in [6.45, 7) is 12.2. The molecule has 0 saturated carbocycles. The Hall–Kier alpha value is -2.08. The number of carbonyl (C=O) groups is 1. The minimum atomic E-state index is 0.176.